The Labute approximate surface area is 110 Å². The summed E-state index contributed by atoms with van der Waals surface area (Å²) in [6, 6.07) is 9.24. The molecule has 0 radical (unpaired) electrons. The molecule has 0 amide bonds. The summed E-state index contributed by atoms with van der Waals surface area (Å²) in [6.07, 6.45) is 6.78. The van der Waals surface area contributed by atoms with Crippen LogP contribution < -0.4 is 10.1 Å². The van der Waals surface area contributed by atoms with Gasteiger partial charge in [-0.3, -0.25) is 0 Å². The first-order valence-corrected chi connectivity index (χ1v) is 7.23. The first-order chi connectivity index (χ1) is 8.86. The van der Waals surface area contributed by atoms with E-state index in [-0.39, 0.29) is 0 Å². The maximum atomic E-state index is 5.28. The molecule has 1 aliphatic carbocycles. The van der Waals surface area contributed by atoms with E-state index in [4.69, 9.17) is 4.74 Å². The largest absolute Gasteiger partial charge is 0.497 e. The zero-order chi connectivity index (χ0) is 12.4. The van der Waals surface area contributed by atoms with Crippen LogP contribution in [-0.4, -0.2) is 19.7 Å². The first-order valence-electron chi connectivity index (χ1n) is 7.23. The van der Waals surface area contributed by atoms with Crippen LogP contribution in [0.5, 0.6) is 5.75 Å². The number of methoxy groups -OCH3 is 1. The fourth-order valence-corrected chi connectivity index (χ4v) is 3.77. The monoisotopic (exact) mass is 245 g/mol. The zero-order valence-electron chi connectivity index (χ0n) is 11.2. The van der Waals surface area contributed by atoms with E-state index in [1.54, 1.807) is 7.11 Å². The Kier molecular flexibility index (Phi) is 3.55. The maximum Gasteiger partial charge on any atom is 0.119 e. The molecule has 2 heteroatoms. The highest BCUT2D eigenvalue weighted by Crippen LogP contribution is 2.39. The van der Waals surface area contributed by atoms with Crippen molar-refractivity contribution >= 4 is 0 Å². The number of benzene rings is 1. The van der Waals surface area contributed by atoms with Crippen LogP contribution in [0.25, 0.3) is 0 Å². The molecule has 2 nitrogen and oxygen atoms in total. The average Bonchev–Trinajstić information content (AvgIpc) is 3.00. The molecule has 1 N–H and O–H groups in total. The number of ether oxygens (including phenoxy) is 1. The summed E-state index contributed by atoms with van der Waals surface area (Å²) < 4.78 is 5.28. The molecule has 3 atom stereocenters. The van der Waals surface area contributed by atoms with Gasteiger partial charge in [0.15, 0.2) is 0 Å². The highest BCUT2D eigenvalue weighted by molar-refractivity contribution is 5.28. The molecule has 3 unspecified atom stereocenters. The molecule has 0 bridgehead atoms. The molecular weight excluding hydrogens is 222 g/mol. The van der Waals surface area contributed by atoms with Crippen LogP contribution in [0, 0.1) is 11.8 Å². The summed E-state index contributed by atoms with van der Waals surface area (Å²) in [5.74, 6) is 2.90. The van der Waals surface area contributed by atoms with E-state index >= 15 is 0 Å². The summed E-state index contributed by atoms with van der Waals surface area (Å²) in [6.45, 7) is 1.26. The lowest BCUT2D eigenvalue weighted by Crippen LogP contribution is -2.27. The number of hydrogen-bond donors (Lipinski definition) is 1. The molecule has 1 aliphatic heterocycles. The van der Waals surface area contributed by atoms with Crippen LogP contribution in [0.2, 0.25) is 0 Å². The molecule has 0 aromatic heterocycles. The third kappa shape index (κ3) is 2.39. The van der Waals surface area contributed by atoms with Gasteiger partial charge in [0.25, 0.3) is 0 Å². The Hall–Kier alpha value is -1.02. The molecule has 1 saturated carbocycles. The van der Waals surface area contributed by atoms with Gasteiger partial charge in [0, 0.05) is 6.04 Å². The summed E-state index contributed by atoms with van der Waals surface area (Å²) in [7, 11) is 1.74. The third-order valence-corrected chi connectivity index (χ3v) is 4.76. The minimum absolute atomic E-state index is 0.753. The first kappa shape index (κ1) is 12.0. The Morgan fingerprint density at radius 1 is 1.33 bits per heavy atom. The highest BCUT2D eigenvalue weighted by atomic mass is 16.5. The molecule has 2 fully saturated rings. The van der Waals surface area contributed by atoms with Gasteiger partial charge >= 0.3 is 0 Å². The van der Waals surface area contributed by atoms with Crippen molar-refractivity contribution in [2.24, 2.45) is 11.8 Å². The van der Waals surface area contributed by atoms with Crippen LogP contribution in [0.4, 0.5) is 0 Å². The lowest BCUT2D eigenvalue weighted by atomic mass is 9.90. The lowest BCUT2D eigenvalue weighted by molar-refractivity contribution is 0.392. The van der Waals surface area contributed by atoms with Crippen molar-refractivity contribution in [1.29, 1.82) is 0 Å². The van der Waals surface area contributed by atoms with E-state index in [1.807, 2.05) is 6.07 Å². The summed E-state index contributed by atoms with van der Waals surface area (Å²) in [5, 5.41) is 3.73. The highest BCUT2D eigenvalue weighted by Gasteiger charge is 2.38. The second-order valence-corrected chi connectivity index (χ2v) is 5.76. The molecule has 98 valence electrons. The Morgan fingerprint density at radius 3 is 3.17 bits per heavy atom. The third-order valence-electron chi connectivity index (χ3n) is 4.76. The van der Waals surface area contributed by atoms with Gasteiger partial charge < -0.3 is 10.1 Å². The standard InChI is InChI=1S/C16H23NO/c1-18-14-6-2-4-12(10-14)8-9-16-15-7-3-5-13(15)11-17-16/h2,4,6,10,13,15-17H,3,5,7-9,11H2,1H3. The van der Waals surface area contributed by atoms with Gasteiger partial charge in [-0.15, -0.1) is 0 Å². The quantitative estimate of drug-likeness (QED) is 0.880. The average molecular weight is 245 g/mol. The number of aryl methyl sites for hydroxylation is 1. The summed E-state index contributed by atoms with van der Waals surface area (Å²) in [5.41, 5.74) is 1.40. The van der Waals surface area contributed by atoms with Crippen LogP contribution in [-0.2, 0) is 6.42 Å². The molecule has 0 spiro atoms. The number of rotatable bonds is 4. The Morgan fingerprint density at radius 2 is 2.28 bits per heavy atom. The fraction of sp³-hybridized carbons (Fsp3) is 0.625. The van der Waals surface area contributed by atoms with Crippen molar-refractivity contribution in [3.05, 3.63) is 29.8 Å². The van der Waals surface area contributed by atoms with Crippen molar-refractivity contribution in [1.82, 2.24) is 5.32 Å². The molecule has 3 rings (SSSR count). The van der Waals surface area contributed by atoms with E-state index in [0.717, 1.165) is 30.0 Å². The topological polar surface area (TPSA) is 21.3 Å². The van der Waals surface area contributed by atoms with E-state index in [1.165, 1.54) is 37.8 Å². The van der Waals surface area contributed by atoms with Gasteiger partial charge in [-0.1, -0.05) is 18.6 Å². The van der Waals surface area contributed by atoms with Gasteiger partial charge in [-0.05, 0) is 61.8 Å². The SMILES string of the molecule is COc1cccc(CCC2NCC3CCCC32)c1. The van der Waals surface area contributed by atoms with E-state index < -0.39 is 0 Å². The molecule has 2 aliphatic rings. The fourth-order valence-electron chi connectivity index (χ4n) is 3.77. The Balaban J connectivity index is 1.57. The normalized spacial score (nSPS) is 30.4. The Bertz CT molecular complexity index is 404. The van der Waals surface area contributed by atoms with Crippen molar-refractivity contribution in [2.75, 3.05) is 13.7 Å². The van der Waals surface area contributed by atoms with Gasteiger partial charge in [0.05, 0.1) is 7.11 Å². The van der Waals surface area contributed by atoms with Crippen molar-refractivity contribution < 1.29 is 4.74 Å². The smallest absolute Gasteiger partial charge is 0.119 e. The second kappa shape index (κ2) is 5.31. The van der Waals surface area contributed by atoms with Crippen LogP contribution in [0.3, 0.4) is 0 Å². The van der Waals surface area contributed by atoms with E-state index in [0.29, 0.717) is 0 Å². The van der Waals surface area contributed by atoms with Crippen molar-refractivity contribution in [2.45, 2.75) is 38.1 Å². The molecule has 1 aromatic carbocycles. The molecule has 18 heavy (non-hydrogen) atoms. The molecule has 1 saturated heterocycles. The number of fused-ring (bicyclic) bond motifs is 1. The zero-order valence-corrected chi connectivity index (χ0v) is 11.2. The molecular formula is C16H23NO. The van der Waals surface area contributed by atoms with E-state index in [2.05, 4.69) is 23.5 Å². The summed E-state index contributed by atoms with van der Waals surface area (Å²) in [4.78, 5) is 0. The van der Waals surface area contributed by atoms with Gasteiger partial charge in [-0.25, -0.2) is 0 Å². The number of hydrogen-bond acceptors (Lipinski definition) is 2. The minimum atomic E-state index is 0.753. The predicted molar refractivity (Wildman–Crippen MR) is 73.9 cm³/mol. The van der Waals surface area contributed by atoms with Gasteiger partial charge in [-0.2, -0.15) is 0 Å². The second-order valence-electron chi connectivity index (χ2n) is 5.76. The van der Waals surface area contributed by atoms with Crippen molar-refractivity contribution in [3.8, 4) is 5.75 Å². The lowest BCUT2D eigenvalue weighted by Gasteiger charge is -2.18. The molecule has 1 heterocycles. The summed E-state index contributed by atoms with van der Waals surface area (Å²) >= 11 is 0. The maximum absolute atomic E-state index is 5.28. The number of nitrogens with one attached hydrogen (secondary N) is 1. The van der Waals surface area contributed by atoms with Crippen LogP contribution in [0.1, 0.15) is 31.2 Å². The van der Waals surface area contributed by atoms with E-state index in [9.17, 15) is 0 Å². The van der Waals surface area contributed by atoms with Crippen LogP contribution in [0.15, 0.2) is 24.3 Å². The predicted octanol–water partition coefficient (Wildman–Crippen LogP) is 3.02. The van der Waals surface area contributed by atoms with Gasteiger partial charge in [0.2, 0.25) is 0 Å². The van der Waals surface area contributed by atoms with Gasteiger partial charge in [0.1, 0.15) is 5.75 Å². The minimum Gasteiger partial charge on any atom is -0.497 e. The van der Waals surface area contributed by atoms with Crippen molar-refractivity contribution in [3.63, 3.8) is 0 Å². The van der Waals surface area contributed by atoms with Crippen LogP contribution >= 0.6 is 0 Å². The molecule has 1 aromatic rings.